The Morgan fingerprint density at radius 2 is 2.09 bits per heavy atom. The van der Waals surface area contributed by atoms with E-state index < -0.39 is 5.91 Å². The molecule has 1 aromatic carbocycles. The van der Waals surface area contributed by atoms with Crippen LogP contribution in [-0.2, 0) is 17.9 Å². The highest BCUT2D eigenvalue weighted by Gasteiger charge is 2.27. The van der Waals surface area contributed by atoms with Crippen molar-refractivity contribution in [2.45, 2.75) is 13.1 Å². The molecule has 6 heteroatoms. The van der Waals surface area contributed by atoms with Crippen molar-refractivity contribution >= 4 is 11.7 Å². The minimum Gasteiger partial charge on any atom is -0.504 e. The number of hydrogen-bond acceptors (Lipinski definition) is 4. The van der Waals surface area contributed by atoms with Crippen LogP contribution in [0, 0.1) is 5.82 Å². The number of nitrogens with one attached hydrogen (secondary N) is 1. The van der Waals surface area contributed by atoms with Crippen molar-refractivity contribution in [3.05, 3.63) is 70.9 Å². The number of benzene rings is 1. The lowest BCUT2D eigenvalue weighted by Gasteiger charge is -2.28. The molecule has 0 bridgehead atoms. The van der Waals surface area contributed by atoms with Crippen molar-refractivity contribution < 1.29 is 14.3 Å². The summed E-state index contributed by atoms with van der Waals surface area (Å²) >= 11 is 0. The van der Waals surface area contributed by atoms with Gasteiger partial charge in [-0.15, -0.1) is 0 Å². The second-order valence-electron chi connectivity index (χ2n) is 5.37. The van der Waals surface area contributed by atoms with Gasteiger partial charge in [-0.05, 0) is 23.8 Å². The molecule has 2 N–H and O–H groups in total. The van der Waals surface area contributed by atoms with E-state index in [1.54, 1.807) is 36.3 Å². The Morgan fingerprint density at radius 3 is 2.83 bits per heavy atom. The van der Waals surface area contributed by atoms with Gasteiger partial charge in [0.15, 0.2) is 5.76 Å². The maximum Gasteiger partial charge on any atom is 0.271 e. The summed E-state index contributed by atoms with van der Waals surface area (Å²) in [6.07, 6.45) is 1.58. The van der Waals surface area contributed by atoms with Gasteiger partial charge in [0, 0.05) is 31.9 Å². The molecule has 1 aromatic heterocycles. The van der Waals surface area contributed by atoms with Crippen LogP contribution in [0.3, 0.4) is 0 Å². The van der Waals surface area contributed by atoms with Gasteiger partial charge >= 0.3 is 0 Å². The largest absolute Gasteiger partial charge is 0.504 e. The Morgan fingerprint density at radius 1 is 1.35 bits per heavy atom. The van der Waals surface area contributed by atoms with Crippen LogP contribution < -0.4 is 5.32 Å². The number of nitrogens with zero attached hydrogens (tertiary/aromatic N) is 2. The summed E-state index contributed by atoms with van der Waals surface area (Å²) in [6.45, 7) is 0.741. The molecule has 0 spiro atoms. The normalized spacial score (nSPS) is 13.7. The molecule has 3 rings (SSSR count). The van der Waals surface area contributed by atoms with E-state index in [0.29, 0.717) is 12.2 Å². The molecule has 0 aliphatic carbocycles. The standard InChI is InChI=1S/C17H16FN3O2/c1-21-10-12-3-2-8-19-14(12)16(22)15(21)17(23)20-9-11-4-6-13(18)7-5-11/h2-8,22H,9-10H2,1H3,(H,20,23). The van der Waals surface area contributed by atoms with Gasteiger partial charge in [-0.3, -0.25) is 9.78 Å². The zero-order chi connectivity index (χ0) is 16.4. The van der Waals surface area contributed by atoms with Crippen LogP contribution in [-0.4, -0.2) is 27.9 Å². The van der Waals surface area contributed by atoms with E-state index in [2.05, 4.69) is 10.3 Å². The van der Waals surface area contributed by atoms with E-state index in [9.17, 15) is 14.3 Å². The zero-order valence-corrected chi connectivity index (χ0v) is 12.6. The third-order valence-electron chi connectivity index (χ3n) is 3.71. The first-order chi connectivity index (χ1) is 11.1. The molecule has 23 heavy (non-hydrogen) atoms. The average Bonchev–Trinajstić information content (AvgIpc) is 2.54. The lowest BCUT2D eigenvalue weighted by molar-refractivity contribution is -0.119. The first-order valence-corrected chi connectivity index (χ1v) is 7.17. The van der Waals surface area contributed by atoms with Crippen LogP contribution in [0.4, 0.5) is 4.39 Å². The van der Waals surface area contributed by atoms with Gasteiger partial charge in [-0.2, -0.15) is 0 Å². The summed E-state index contributed by atoms with van der Waals surface area (Å²) in [6, 6.07) is 9.54. The Bertz CT molecular complexity index is 772. The number of amides is 1. The molecule has 0 unspecified atom stereocenters. The fourth-order valence-electron chi connectivity index (χ4n) is 2.56. The summed E-state index contributed by atoms with van der Waals surface area (Å²) in [4.78, 5) is 18.2. The lowest BCUT2D eigenvalue weighted by atomic mass is 10.1. The van der Waals surface area contributed by atoms with E-state index in [1.807, 2.05) is 6.07 Å². The number of halogens is 1. The maximum absolute atomic E-state index is 12.9. The van der Waals surface area contributed by atoms with Crippen LogP contribution in [0.25, 0.3) is 5.76 Å². The Labute approximate surface area is 133 Å². The average molecular weight is 313 g/mol. The molecule has 2 aromatic rings. The molecule has 1 aliphatic rings. The smallest absolute Gasteiger partial charge is 0.271 e. The predicted molar refractivity (Wildman–Crippen MR) is 83.5 cm³/mol. The molecule has 5 nitrogen and oxygen atoms in total. The summed E-state index contributed by atoms with van der Waals surface area (Å²) in [5, 5.41) is 13.1. The third-order valence-corrected chi connectivity index (χ3v) is 3.71. The van der Waals surface area contributed by atoms with Crippen LogP contribution in [0.15, 0.2) is 48.3 Å². The number of likely N-dealkylation sites (N-methyl/N-ethyl adjacent to an activating group) is 1. The van der Waals surface area contributed by atoms with E-state index in [4.69, 9.17) is 0 Å². The fraction of sp³-hybridized carbons (Fsp3) is 0.176. The fourth-order valence-corrected chi connectivity index (χ4v) is 2.56. The number of hydrogen-bond donors (Lipinski definition) is 2. The zero-order valence-electron chi connectivity index (χ0n) is 12.6. The van der Waals surface area contributed by atoms with Gasteiger partial charge in [0.2, 0.25) is 0 Å². The Hall–Kier alpha value is -2.89. The molecular weight excluding hydrogens is 297 g/mol. The van der Waals surface area contributed by atoms with E-state index >= 15 is 0 Å². The monoisotopic (exact) mass is 313 g/mol. The quantitative estimate of drug-likeness (QED) is 0.912. The molecule has 118 valence electrons. The van der Waals surface area contributed by atoms with Crippen molar-refractivity contribution in [3.63, 3.8) is 0 Å². The van der Waals surface area contributed by atoms with Crippen LogP contribution in [0.1, 0.15) is 16.8 Å². The summed E-state index contributed by atoms with van der Waals surface area (Å²) in [5.41, 5.74) is 2.25. The van der Waals surface area contributed by atoms with E-state index in [-0.39, 0.29) is 23.8 Å². The molecule has 2 heterocycles. The van der Waals surface area contributed by atoms with Crippen molar-refractivity contribution in [1.29, 1.82) is 0 Å². The van der Waals surface area contributed by atoms with E-state index in [1.165, 1.54) is 12.1 Å². The molecule has 1 amide bonds. The molecule has 0 saturated carbocycles. The number of aliphatic hydroxyl groups excluding tert-OH is 1. The minimum atomic E-state index is -0.398. The van der Waals surface area contributed by atoms with Gasteiger partial charge in [0.25, 0.3) is 5.91 Å². The predicted octanol–water partition coefficient (Wildman–Crippen LogP) is 2.21. The number of carbonyl (C=O) groups excluding carboxylic acids is 1. The third kappa shape index (κ3) is 3.01. The summed E-state index contributed by atoms with van der Waals surface area (Å²) in [5.74, 6) is -0.855. The van der Waals surface area contributed by atoms with Gasteiger partial charge in [-0.1, -0.05) is 18.2 Å². The summed E-state index contributed by atoms with van der Waals surface area (Å²) in [7, 11) is 1.74. The molecule has 1 aliphatic heterocycles. The van der Waals surface area contributed by atoms with Gasteiger partial charge in [0.1, 0.15) is 17.2 Å². The van der Waals surface area contributed by atoms with Gasteiger partial charge in [0.05, 0.1) is 0 Å². The number of rotatable bonds is 3. The maximum atomic E-state index is 12.9. The van der Waals surface area contributed by atoms with Crippen molar-refractivity contribution in [1.82, 2.24) is 15.2 Å². The van der Waals surface area contributed by atoms with Crippen molar-refractivity contribution in [3.8, 4) is 0 Å². The van der Waals surface area contributed by atoms with Crippen molar-refractivity contribution in [2.24, 2.45) is 0 Å². The topological polar surface area (TPSA) is 65.5 Å². The Balaban J connectivity index is 1.79. The minimum absolute atomic E-state index is 0.133. The molecule has 0 radical (unpaired) electrons. The first-order valence-electron chi connectivity index (χ1n) is 7.17. The molecule has 0 saturated heterocycles. The summed E-state index contributed by atoms with van der Waals surface area (Å²) < 4.78 is 12.9. The van der Waals surface area contributed by atoms with E-state index in [0.717, 1.165) is 11.1 Å². The highest BCUT2D eigenvalue weighted by molar-refractivity contribution is 5.99. The number of fused-ring (bicyclic) bond motifs is 1. The first kappa shape index (κ1) is 15.0. The lowest BCUT2D eigenvalue weighted by Crippen LogP contribution is -2.36. The molecular formula is C17H16FN3O2. The van der Waals surface area contributed by atoms with Crippen LogP contribution in [0.5, 0.6) is 0 Å². The van der Waals surface area contributed by atoms with Crippen LogP contribution in [0.2, 0.25) is 0 Å². The second-order valence-corrected chi connectivity index (χ2v) is 5.37. The Kier molecular flexibility index (Phi) is 3.97. The number of pyridine rings is 1. The molecule has 0 atom stereocenters. The van der Waals surface area contributed by atoms with Crippen molar-refractivity contribution in [2.75, 3.05) is 7.05 Å². The highest BCUT2D eigenvalue weighted by atomic mass is 19.1. The second kappa shape index (κ2) is 6.08. The highest BCUT2D eigenvalue weighted by Crippen LogP contribution is 2.27. The number of aliphatic hydroxyl groups is 1. The van der Waals surface area contributed by atoms with Crippen LogP contribution >= 0.6 is 0 Å². The van der Waals surface area contributed by atoms with Gasteiger partial charge < -0.3 is 15.3 Å². The molecule has 0 fully saturated rings. The number of carbonyl (C=O) groups is 1. The SMILES string of the molecule is CN1Cc2cccnc2C(O)=C1C(=O)NCc1ccc(F)cc1. The van der Waals surface area contributed by atoms with Gasteiger partial charge in [-0.25, -0.2) is 4.39 Å². The number of aromatic nitrogens is 1.